The standard InChI is InChI=1S/C15H22N4S/c1-12(2)19-7-5-16-15(19)13-4-3-6-18(8-13)9-14-10-20-11-17-14/h5,7,10-13H,3-4,6,8-9H2,1-2H3. The van der Waals surface area contributed by atoms with Crippen LogP contribution in [-0.2, 0) is 6.54 Å². The van der Waals surface area contributed by atoms with Crippen molar-refractivity contribution in [2.24, 2.45) is 0 Å². The second kappa shape index (κ2) is 6.06. The summed E-state index contributed by atoms with van der Waals surface area (Å²) in [6.07, 6.45) is 6.55. The second-order valence-corrected chi connectivity index (χ2v) is 6.56. The van der Waals surface area contributed by atoms with Crippen molar-refractivity contribution in [2.45, 2.75) is 45.2 Å². The van der Waals surface area contributed by atoms with Crippen LogP contribution in [0, 0.1) is 0 Å². The molecule has 1 fully saturated rings. The molecule has 5 heteroatoms. The highest BCUT2D eigenvalue weighted by Gasteiger charge is 2.25. The number of hydrogen-bond donors (Lipinski definition) is 0. The van der Waals surface area contributed by atoms with Gasteiger partial charge in [0, 0.05) is 42.8 Å². The summed E-state index contributed by atoms with van der Waals surface area (Å²) in [5.74, 6) is 1.81. The fraction of sp³-hybridized carbons (Fsp3) is 0.600. The van der Waals surface area contributed by atoms with Crippen molar-refractivity contribution in [1.82, 2.24) is 19.4 Å². The predicted molar refractivity (Wildman–Crippen MR) is 82.0 cm³/mol. The first-order valence-electron chi connectivity index (χ1n) is 7.36. The van der Waals surface area contributed by atoms with E-state index in [1.165, 1.54) is 30.9 Å². The molecule has 4 nitrogen and oxygen atoms in total. The third-order valence-electron chi connectivity index (χ3n) is 3.99. The van der Waals surface area contributed by atoms with Crippen LogP contribution >= 0.6 is 11.3 Å². The van der Waals surface area contributed by atoms with Gasteiger partial charge < -0.3 is 4.57 Å². The summed E-state index contributed by atoms with van der Waals surface area (Å²) in [5, 5.41) is 2.15. The molecule has 1 aliphatic rings. The maximum atomic E-state index is 4.62. The molecule has 0 saturated carbocycles. The van der Waals surface area contributed by atoms with Gasteiger partial charge in [0.1, 0.15) is 5.82 Å². The SMILES string of the molecule is CC(C)n1ccnc1C1CCCN(Cc2cscn2)C1. The lowest BCUT2D eigenvalue weighted by atomic mass is 9.96. The van der Waals surface area contributed by atoms with Crippen molar-refractivity contribution < 1.29 is 0 Å². The van der Waals surface area contributed by atoms with Crippen molar-refractivity contribution in [1.29, 1.82) is 0 Å². The van der Waals surface area contributed by atoms with Crippen LogP contribution in [-0.4, -0.2) is 32.5 Å². The van der Waals surface area contributed by atoms with Crippen LogP contribution in [0.2, 0.25) is 0 Å². The Labute approximate surface area is 124 Å². The summed E-state index contributed by atoms with van der Waals surface area (Å²) in [5.41, 5.74) is 3.12. The minimum atomic E-state index is 0.487. The summed E-state index contributed by atoms with van der Waals surface area (Å²) < 4.78 is 2.32. The van der Waals surface area contributed by atoms with Crippen LogP contribution in [0.25, 0.3) is 0 Å². The van der Waals surface area contributed by atoms with E-state index >= 15 is 0 Å². The molecule has 108 valence electrons. The first-order valence-corrected chi connectivity index (χ1v) is 8.30. The molecule has 0 aliphatic carbocycles. The molecule has 1 aliphatic heterocycles. The Morgan fingerprint density at radius 3 is 3.05 bits per heavy atom. The van der Waals surface area contributed by atoms with Crippen molar-refractivity contribution >= 4 is 11.3 Å². The number of imidazole rings is 1. The van der Waals surface area contributed by atoms with E-state index in [9.17, 15) is 0 Å². The summed E-state index contributed by atoms with van der Waals surface area (Å²) in [4.78, 5) is 11.5. The second-order valence-electron chi connectivity index (χ2n) is 5.84. The first-order chi connectivity index (χ1) is 9.74. The molecule has 0 N–H and O–H groups in total. The maximum absolute atomic E-state index is 4.62. The van der Waals surface area contributed by atoms with Crippen LogP contribution in [0.1, 0.15) is 50.2 Å². The van der Waals surface area contributed by atoms with Gasteiger partial charge >= 0.3 is 0 Å². The molecular formula is C15H22N4S. The van der Waals surface area contributed by atoms with Gasteiger partial charge in [0.15, 0.2) is 0 Å². The Morgan fingerprint density at radius 2 is 2.30 bits per heavy atom. The number of likely N-dealkylation sites (tertiary alicyclic amines) is 1. The third-order valence-corrected chi connectivity index (χ3v) is 4.63. The smallest absolute Gasteiger partial charge is 0.113 e. The lowest BCUT2D eigenvalue weighted by Crippen LogP contribution is -2.35. The highest BCUT2D eigenvalue weighted by atomic mass is 32.1. The largest absolute Gasteiger partial charge is 0.332 e. The molecule has 0 radical (unpaired) electrons. The van der Waals surface area contributed by atoms with Gasteiger partial charge in [-0.25, -0.2) is 9.97 Å². The van der Waals surface area contributed by atoms with E-state index in [1.54, 1.807) is 11.3 Å². The number of thiazole rings is 1. The molecule has 3 heterocycles. The number of piperidine rings is 1. The zero-order chi connectivity index (χ0) is 13.9. The van der Waals surface area contributed by atoms with Crippen LogP contribution < -0.4 is 0 Å². The van der Waals surface area contributed by atoms with E-state index < -0.39 is 0 Å². The van der Waals surface area contributed by atoms with E-state index in [2.05, 4.69) is 44.9 Å². The van der Waals surface area contributed by atoms with Crippen molar-refractivity contribution in [3.63, 3.8) is 0 Å². The number of hydrogen-bond acceptors (Lipinski definition) is 4. The van der Waals surface area contributed by atoms with Gasteiger partial charge in [-0.1, -0.05) is 0 Å². The van der Waals surface area contributed by atoms with Crippen LogP contribution in [0.5, 0.6) is 0 Å². The maximum Gasteiger partial charge on any atom is 0.113 e. The Bertz CT molecular complexity index is 532. The molecule has 3 rings (SSSR count). The Balaban J connectivity index is 1.70. The normalized spacial score (nSPS) is 20.6. The summed E-state index contributed by atoms with van der Waals surface area (Å²) in [6, 6.07) is 0.487. The van der Waals surface area contributed by atoms with E-state index in [0.717, 1.165) is 13.1 Å². The van der Waals surface area contributed by atoms with Crippen LogP contribution in [0.15, 0.2) is 23.3 Å². The fourth-order valence-corrected chi connectivity index (χ4v) is 3.58. The van der Waals surface area contributed by atoms with Crippen molar-refractivity contribution in [3.8, 4) is 0 Å². The van der Waals surface area contributed by atoms with Gasteiger partial charge in [-0.15, -0.1) is 11.3 Å². The summed E-state index contributed by atoms with van der Waals surface area (Å²) in [7, 11) is 0. The zero-order valence-corrected chi connectivity index (χ0v) is 13.0. The first kappa shape index (κ1) is 13.8. The minimum absolute atomic E-state index is 0.487. The Kier molecular flexibility index (Phi) is 4.17. The molecule has 0 bridgehead atoms. The van der Waals surface area contributed by atoms with E-state index in [1.807, 2.05) is 11.7 Å². The molecule has 1 atom stereocenters. The highest BCUT2D eigenvalue weighted by Crippen LogP contribution is 2.28. The summed E-state index contributed by atoms with van der Waals surface area (Å²) in [6.45, 7) is 7.70. The average Bonchev–Trinajstić information content (AvgIpc) is 3.09. The summed E-state index contributed by atoms with van der Waals surface area (Å²) >= 11 is 1.68. The number of rotatable bonds is 4. The molecule has 0 aromatic carbocycles. The lowest BCUT2D eigenvalue weighted by Gasteiger charge is -2.32. The number of aromatic nitrogens is 3. The van der Waals surface area contributed by atoms with Crippen LogP contribution in [0.3, 0.4) is 0 Å². The molecule has 2 aromatic heterocycles. The van der Waals surface area contributed by atoms with Crippen molar-refractivity contribution in [3.05, 3.63) is 34.8 Å². The molecule has 1 saturated heterocycles. The van der Waals surface area contributed by atoms with Gasteiger partial charge in [-0.05, 0) is 33.2 Å². The molecule has 0 amide bonds. The van der Waals surface area contributed by atoms with Gasteiger partial charge in [-0.2, -0.15) is 0 Å². The lowest BCUT2D eigenvalue weighted by molar-refractivity contribution is 0.192. The molecule has 2 aromatic rings. The minimum Gasteiger partial charge on any atom is -0.332 e. The van der Waals surface area contributed by atoms with E-state index in [-0.39, 0.29) is 0 Å². The molecule has 0 spiro atoms. The molecular weight excluding hydrogens is 268 g/mol. The Morgan fingerprint density at radius 1 is 1.40 bits per heavy atom. The third kappa shape index (κ3) is 2.94. The molecule has 20 heavy (non-hydrogen) atoms. The Hall–Kier alpha value is -1.20. The van der Waals surface area contributed by atoms with Gasteiger partial charge in [-0.3, -0.25) is 4.90 Å². The molecule has 1 unspecified atom stereocenters. The topological polar surface area (TPSA) is 34.0 Å². The number of nitrogens with zero attached hydrogens (tertiary/aromatic N) is 4. The quantitative estimate of drug-likeness (QED) is 0.866. The van der Waals surface area contributed by atoms with Gasteiger partial charge in [0.05, 0.1) is 11.2 Å². The average molecular weight is 290 g/mol. The van der Waals surface area contributed by atoms with Gasteiger partial charge in [0.2, 0.25) is 0 Å². The van der Waals surface area contributed by atoms with Gasteiger partial charge in [0.25, 0.3) is 0 Å². The van der Waals surface area contributed by atoms with Crippen molar-refractivity contribution in [2.75, 3.05) is 13.1 Å². The van der Waals surface area contributed by atoms with E-state index in [0.29, 0.717) is 12.0 Å². The monoisotopic (exact) mass is 290 g/mol. The zero-order valence-electron chi connectivity index (χ0n) is 12.2. The van der Waals surface area contributed by atoms with E-state index in [4.69, 9.17) is 0 Å². The van der Waals surface area contributed by atoms with Crippen LogP contribution in [0.4, 0.5) is 0 Å². The predicted octanol–water partition coefficient (Wildman–Crippen LogP) is 3.30. The fourth-order valence-electron chi connectivity index (χ4n) is 3.03. The highest BCUT2D eigenvalue weighted by molar-refractivity contribution is 7.07.